The average Bonchev–Trinajstić information content (AvgIpc) is 2.19. The van der Waals surface area contributed by atoms with Crippen molar-refractivity contribution in [3.63, 3.8) is 0 Å². The highest BCUT2D eigenvalue weighted by Crippen LogP contribution is 2.17. The smallest absolute Gasteiger partial charge is 0.141 e. The van der Waals surface area contributed by atoms with Gasteiger partial charge in [-0.3, -0.25) is 0 Å². The summed E-state index contributed by atoms with van der Waals surface area (Å²) in [5.41, 5.74) is 1.52. The van der Waals surface area contributed by atoms with E-state index in [-0.39, 0.29) is 5.02 Å². The highest BCUT2D eigenvalue weighted by Gasteiger charge is 2.05. The first-order valence-corrected chi connectivity index (χ1v) is 4.62. The van der Waals surface area contributed by atoms with Gasteiger partial charge < -0.3 is 4.84 Å². The summed E-state index contributed by atoms with van der Waals surface area (Å²) in [6.07, 6.45) is 0.704. The minimum atomic E-state index is -0.428. The summed E-state index contributed by atoms with van der Waals surface area (Å²) in [4.78, 5) is 4.67. The lowest BCUT2D eigenvalue weighted by Gasteiger charge is -2.03. The van der Waals surface area contributed by atoms with Crippen LogP contribution in [-0.4, -0.2) is 12.8 Å². The van der Waals surface area contributed by atoms with E-state index >= 15 is 0 Å². The van der Waals surface area contributed by atoms with Crippen LogP contribution in [-0.2, 0) is 4.84 Å². The van der Waals surface area contributed by atoms with Crippen LogP contribution in [0.15, 0.2) is 23.4 Å². The summed E-state index contributed by atoms with van der Waals surface area (Å²) in [7, 11) is 1.47. The fourth-order valence-electron chi connectivity index (χ4n) is 1.11. The second-order valence-corrected chi connectivity index (χ2v) is 3.11. The minimum absolute atomic E-state index is 0.0970. The Hall–Kier alpha value is -1.09. The molecule has 0 atom stereocenters. The van der Waals surface area contributed by atoms with Crippen LogP contribution in [0.25, 0.3) is 0 Å². The van der Waals surface area contributed by atoms with Crippen molar-refractivity contribution < 1.29 is 9.23 Å². The molecule has 0 aliphatic heterocycles. The maximum atomic E-state index is 12.8. The van der Waals surface area contributed by atoms with Crippen LogP contribution in [0.2, 0.25) is 5.02 Å². The van der Waals surface area contributed by atoms with Crippen LogP contribution < -0.4 is 0 Å². The molecular formula is C10H11ClFNO. The number of oxime groups is 1. The van der Waals surface area contributed by atoms with Gasteiger partial charge in [0, 0.05) is 5.56 Å². The SMILES string of the molecule is CCC(=NOC)c1ccc(F)c(Cl)c1. The molecule has 1 aromatic rings. The largest absolute Gasteiger partial charge is 0.399 e. The van der Waals surface area contributed by atoms with Gasteiger partial charge in [-0.2, -0.15) is 0 Å². The second-order valence-electron chi connectivity index (χ2n) is 2.70. The highest BCUT2D eigenvalue weighted by atomic mass is 35.5. The molecule has 0 bridgehead atoms. The molecule has 1 rings (SSSR count). The van der Waals surface area contributed by atoms with Crippen LogP contribution >= 0.6 is 11.6 Å². The Labute approximate surface area is 87.3 Å². The first kappa shape index (κ1) is 11.0. The number of hydrogen-bond donors (Lipinski definition) is 0. The van der Waals surface area contributed by atoms with Gasteiger partial charge in [-0.1, -0.05) is 29.7 Å². The number of halogens is 2. The minimum Gasteiger partial charge on any atom is -0.399 e. The van der Waals surface area contributed by atoms with E-state index in [9.17, 15) is 4.39 Å². The van der Waals surface area contributed by atoms with Crippen molar-refractivity contribution in [2.24, 2.45) is 5.16 Å². The van der Waals surface area contributed by atoms with Crippen LogP contribution in [0.4, 0.5) is 4.39 Å². The molecule has 0 aliphatic rings. The van der Waals surface area contributed by atoms with Crippen molar-refractivity contribution in [3.8, 4) is 0 Å². The van der Waals surface area contributed by atoms with Gasteiger partial charge in [0.2, 0.25) is 0 Å². The maximum absolute atomic E-state index is 12.8. The maximum Gasteiger partial charge on any atom is 0.141 e. The molecule has 76 valence electrons. The van der Waals surface area contributed by atoms with E-state index in [0.29, 0.717) is 6.42 Å². The molecule has 0 aliphatic carbocycles. The van der Waals surface area contributed by atoms with Gasteiger partial charge in [-0.25, -0.2) is 4.39 Å². The standard InChI is InChI=1S/C10H11ClFNO/c1-3-10(13-14-2)7-4-5-9(12)8(11)6-7/h4-6H,3H2,1-2H3. The first-order chi connectivity index (χ1) is 6.69. The zero-order valence-corrected chi connectivity index (χ0v) is 8.81. The van der Waals surface area contributed by atoms with Crippen molar-refractivity contribution in [2.75, 3.05) is 7.11 Å². The summed E-state index contributed by atoms with van der Waals surface area (Å²) in [5.74, 6) is -0.428. The molecule has 0 N–H and O–H groups in total. The van der Waals surface area contributed by atoms with E-state index in [2.05, 4.69) is 9.99 Å². The molecule has 0 radical (unpaired) electrons. The van der Waals surface area contributed by atoms with Gasteiger partial charge in [-0.05, 0) is 18.6 Å². The summed E-state index contributed by atoms with van der Waals surface area (Å²) < 4.78 is 12.8. The van der Waals surface area contributed by atoms with Crippen molar-refractivity contribution in [1.29, 1.82) is 0 Å². The zero-order chi connectivity index (χ0) is 10.6. The molecule has 0 amide bonds. The van der Waals surface area contributed by atoms with E-state index < -0.39 is 5.82 Å². The third-order valence-corrected chi connectivity index (χ3v) is 2.08. The normalized spacial score (nSPS) is 11.6. The topological polar surface area (TPSA) is 21.6 Å². The summed E-state index contributed by atoms with van der Waals surface area (Å²) in [6, 6.07) is 4.49. The number of benzene rings is 1. The fraction of sp³-hybridized carbons (Fsp3) is 0.300. The molecule has 14 heavy (non-hydrogen) atoms. The molecule has 0 unspecified atom stereocenters. The Bertz CT molecular complexity index is 352. The summed E-state index contributed by atoms with van der Waals surface area (Å²) >= 11 is 5.64. The van der Waals surface area contributed by atoms with Crippen LogP contribution in [0, 0.1) is 5.82 Å². The lowest BCUT2D eigenvalue weighted by Crippen LogP contribution is -2.00. The van der Waals surface area contributed by atoms with E-state index in [0.717, 1.165) is 11.3 Å². The van der Waals surface area contributed by atoms with Gasteiger partial charge in [0.1, 0.15) is 12.9 Å². The molecule has 0 saturated heterocycles. The zero-order valence-electron chi connectivity index (χ0n) is 8.05. The van der Waals surface area contributed by atoms with Crippen molar-refractivity contribution in [3.05, 3.63) is 34.6 Å². The van der Waals surface area contributed by atoms with Crippen molar-refractivity contribution in [1.82, 2.24) is 0 Å². The number of hydrogen-bond acceptors (Lipinski definition) is 2. The lowest BCUT2D eigenvalue weighted by molar-refractivity contribution is 0.213. The average molecular weight is 216 g/mol. The third kappa shape index (κ3) is 2.45. The van der Waals surface area contributed by atoms with E-state index in [1.54, 1.807) is 6.07 Å². The third-order valence-electron chi connectivity index (χ3n) is 1.79. The Kier molecular flexibility index (Phi) is 3.89. The summed E-state index contributed by atoms with van der Waals surface area (Å²) in [5, 5.41) is 3.92. The van der Waals surface area contributed by atoms with Crippen LogP contribution in [0.5, 0.6) is 0 Å². The predicted molar refractivity (Wildman–Crippen MR) is 55.2 cm³/mol. The molecule has 2 nitrogen and oxygen atoms in total. The summed E-state index contributed by atoms with van der Waals surface area (Å²) in [6.45, 7) is 1.94. The molecule has 0 fully saturated rings. The van der Waals surface area contributed by atoms with Gasteiger partial charge in [0.25, 0.3) is 0 Å². The molecule has 0 spiro atoms. The Morgan fingerprint density at radius 2 is 2.29 bits per heavy atom. The quantitative estimate of drug-likeness (QED) is 0.560. The highest BCUT2D eigenvalue weighted by molar-refractivity contribution is 6.31. The lowest BCUT2D eigenvalue weighted by atomic mass is 10.1. The Morgan fingerprint density at radius 3 is 2.79 bits per heavy atom. The number of rotatable bonds is 3. The van der Waals surface area contributed by atoms with Gasteiger partial charge in [0.15, 0.2) is 0 Å². The number of nitrogens with zero attached hydrogens (tertiary/aromatic N) is 1. The molecule has 0 saturated carbocycles. The molecule has 0 aromatic heterocycles. The predicted octanol–water partition coefficient (Wildman–Crippen LogP) is 3.24. The van der Waals surface area contributed by atoms with Gasteiger partial charge in [-0.15, -0.1) is 0 Å². The van der Waals surface area contributed by atoms with Gasteiger partial charge in [0.05, 0.1) is 10.7 Å². The fourth-order valence-corrected chi connectivity index (χ4v) is 1.29. The second kappa shape index (κ2) is 4.96. The van der Waals surface area contributed by atoms with E-state index in [1.165, 1.54) is 19.2 Å². The van der Waals surface area contributed by atoms with Gasteiger partial charge >= 0.3 is 0 Å². The van der Waals surface area contributed by atoms with Crippen molar-refractivity contribution in [2.45, 2.75) is 13.3 Å². The van der Waals surface area contributed by atoms with E-state index in [4.69, 9.17) is 11.6 Å². The Morgan fingerprint density at radius 1 is 1.57 bits per heavy atom. The Balaban J connectivity index is 3.06. The van der Waals surface area contributed by atoms with Crippen LogP contribution in [0.3, 0.4) is 0 Å². The first-order valence-electron chi connectivity index (χ1n) is 4.24. The van der Waals surface area contributed by atoms with E-state index in [1.807, 2.05) is 6.92 Å². The monoisotopic (exact) mass is 215 g/mol. The molecule has 0 heterocycles. The molecule has 1 aromatic carbocycles. The molecular weight excluding hydrogens is 205 g/mol. The van der Waals surface area contributed by atoms with Crippen LogP contribution in [0.1, 0.15) is 18.9 Å². The van der Waals surface area contributed by atoms with Crippen molar-refractivity contribution >= 4 is 17.3 Å². The molecule has 4 heteroatoms.